The van der Waals surface area contributed by atoms with Crippen molar-refractivity contribution in [2.24, 2.45) is 5.92 Å². The van der Waals surface area contributed by atoms with Crippen molar-refractivity contribution in [3.05, 3.63) is 64.2 Å². The molecule has 3 nitrogen and oxygen atoms in total. The maximum atomic E-state index is 12.6. The highest BCUT2D eigenvalue weighted by molar-refractivity contribution is 6.30. The normalized spacial score (nSPS) is 14.7. The lowest BCUT2D eigenvalue weighted by Crippen LogP contribution is -2.36. The Labute approximate surface area is 172 Å². The van der Waals surface area contributed by atoms with Crippen LogP contribution in [0.5, 0.6) is 0 Å². The van der Waals surface area contributed by atoms with E-state index in [2.05, 4.69) is 39.0 Å². The maximum absolute atomic E-state index is 12.6. The van der Waals surface area contributed by atoms with E-state index in [1.807, 2.05) is 4.90 Å². The zero-order valence-electron chi connectivity index (χ0n) is 16.9. The highest BCUT2D eigenvalue weighted by Crippen LogP contribution is 2.32. The molecule has 148 valence electrons. The minimum atomic E-state index is 0.121. The number of anilines is 1. The number of halogens is 1. The molecule has 0 N–H and O–H groups in total. The topological polar surface area (TPSA) is 37.4 Å². The van der Waals surface area contributed by atoms with Crippen molar-refractivity contribution >= 4 is 29.0 Å². The first-order valence-corrected chi connectivity index (χ1v) is 10.4. The lowest BCUT2D eigenvalue weighted by molar-refractivity contribution is -0.119. The first-order chi connectivity index (χ1) is 13.3. The van der Waals surface area contributed by atoms with Gasteiger partial charge in [-0.3, -0.25) is 9.59 Å². The van der Waals surface area contributed by atoms with Gasteiger partial charge in [0.25, 0.3) is 0 Å². The van der Waals surface area contributed by atoms with Crippen LogP contribution in [0.3, 0.4) is 0 Å². The summed E-state index contributed by atoms with van der Waals surface area (Å²) in [6, 6.07) is 13.4. The van der Waals surface area contributed by atoms with Crippen LogP contribution in [0.4, 0.5) is 5.69 Å². The summed E-state index contributed by atoms with van der Waals surface area (Å²) in [5.74, 6) is 0.802. The molecule has 0 aromatic heterocycles. The van der Waals surface area contributed by atoms with E-state index in [0.29, 0.717) is 29.3 Å². The van der Waals surface area contributed by atoms with Crippen molar-refractivity contribution in [1.29, 1.82) is 0 Å². The van der Waals surface area contributed by atoms with Gasteiger partial charge in [0.05, 0.1) is 0 Å². The molecule has 0 fully saturated rings. The average Bonchev–Trinajstić information content (AvgIpc) is 2.66. The van der Waals surface area contributed by atoms with Gasteiger partial charge < -0.3 is 4.90 Å². The number of amides is 1. The van der Waals surface area contributed by atoms with Crippen molar-refractivity contribution in [1.82, 2.24) is 0 Å². The maximum Gasteiger partial charge on any atom is 0.227 e. The van der Waals surface area contributed by atoms with E-state index in [1.54, 1.807) is 24.3 Å². The molecule has 1 aliphatic rings. The highest BCUT2D eigenvalue weighted by Gasteiger charge is 2.24. The lowest BCUT2D eigenvalue weighted by atomic mass is 9.89. The Kier molecular flexibility index (Phi) is 6.56. The zero-order chi connectivity index (χ0) is 20.3. The molecule has 28 heavy (non-hydrogen) atoms. The van der Waals surface area contributed by atoms with Crippen LogP contribution >= 0.6 is 11.6 Å². The van der Waals surface area contributed by atoms with Gasteiger partial charge in [-0.15, -0.1) is 0 Å². The molecule has 0 saturated heterocycles. The Morgan fingerprint density at radius 3 is 2.43 bits per heavy atom. The van der Waals surface area contributed by atoms with E-state index in [-0.39, 0.29) is 17.6 Å². The number of fused-ring (bicyclic) bond motifs is 1. The van der Waals surface area contributed by atoms with E-state index in [9.17, 15) is 9.59 Å². The van der Waals surface area contributed by atoms with E-state index in [1.165, 1.54) is 5.56 Å². The minimum Gasteiger partial charge on any atom is -0.312 e. The molecule has 2 aromatic carbocycles. The standard InChI is InChI=1S/C24H28ClNO2/c1-16(2)13-24(28)26-12-4-5-20-15-19(8-11-22(20)26)17(3)14-23(27)18-6-9-21(25)10-7-18/h6-11,15-17H,4-5,12-14H2,1-3H3. The molecule has 1 amide bonds. The van der Waals surface area contributed by atoms with Crippen molar-refractivity contribution in [3.63, 3.8) is 0 Å². The molecule has 0 saturated carbocycles. The average molecular weight is 398 g/mol. The van der Waals surface area contributed by atoms with Gasteiger partial charge in [-0.25, -0.2) is 0 Å². The molecule has 2 aromatic rings. The van der Waals surface area contributed by atoms with Gasteiger partial charge in [0.15, 0.2) is 5.78 Å². The Hall–Kier alpha value is -2.13. The molecule has 4 heteroatoms. The number of hydrogen-bond acceptors (Lipinski definition) is 2. The summed E-state index contributed by atoms with van der Waals surface area (Å²) in [4.78, 5) is 27.1. The number of Topliss-reactive ketones (excluding diaryl/α,β-unsaturated/α-hetero) is 1. The third kappa shape index (κ3) is 4.82. The summed E-state index contributed by atoms with van der Waals surface area (Å²) in [5.41, 5.74) is 4.10. The third-order valence-corrected chi connectivity index (χ3v) is 5.58. The summed E-state index contributed by atoms with van der Waals surface area (Å²) in [6.45, 7) is 7.03. The van der Waals surface area contributed by atoms with Crippen LogP contribution in [-0.4, -0.2) is 18.2 Å². The van der Waals surface area contributed by atoms with E-state index in [4.69, 9.17) is 11.6 Å². The van der Waals surface area contributed by atoms with Gasteiger partial charge >= 0.3 is 0 Å². The SMILES string of the molecule is CC(C)CC(=O)N1CCCc2cc(C(C)CC(=O)c3ccc(Cl)cc3)ccc21. The Bertz CT molecular complexity index is 857. The van der Waals surface area contributed by atoms with Crippen LogP contribution in [0, 0.1) is 5.92 Å². The summed E-state index contributed by atoms with van der Waals surface area (Å²) in [5, 5.41) is 0.635. The largest absolute Gasteiger partial charge is 0.312 e. The second-order valence-corrected chi connectivity index (χ2v) is 8.61. The number of benzene rings is 2. The number of carbonyl (C=O) groups is 2. The van der Waals surface area contributed by atoms with Crippen LogP contribution in [-0.2, 0) is 11.2 Å². The molecule has 1 atom stereocenters. The molecular formula is C24H28ClNO2. The predicted octanol–water partition coefficient (Wildman–Crippen LogP) is 6.04. The van der Waals surface area contributed by atoms with Crippen molar-refractivity contribution in [3.8, 4) is 0 Å². The Morgan fingerprint density at radius 2 is 1.75 bits per heavy atom. The number of hydrogen-bond donors (Lipinski definition) is 0. The Morgan fingerprint density at radius 1 is 1.04 bits per heavy atom. The number of rotatable bonds is 6. The first kappa shape index (κ1) is 20.6. The van der Waals surface area contributed by atoms with Crippen molar-refractivity contribution in [2.75, 3.05) is 11.4 Å². The van der Waals surface area contributed by atoms with Crippen LogP contribution in [0.2, 0.25) is 5.02 Å². The number of ketones is 1. The molecule has 0 spiro atoms. The van der Waals surface area contributed by atoms with Gasteiger partial charge in [0, 0.05) is 35.7 Å². The quantitative estimate of drug-likeness (QED) is 0.557. The summed E-state index contributed by atoms with van der Waals surface area (Å²) < 4.78 is 0. The predicted molar refractivity (Wildman–Crippen MR) is 115 cm³/mol. The van der Waals surface area contributed by atoms with Crippen LogP contribution < -0.4 is 4.90 Å². The fraction of sp³-hybridized carbons (Fsp3) is 0.417. The van der Waals surface area contributed by atoms with Gasteiger partial charge in [0.2, 0.25) is 5.91 Å². The van der Waals surface area contributed by atoms with Crippen LogP contribution in [0.1, 0.15) is 67.4 Å². The van der Waals surface area contributed by atoms with Gasteiger partial charge in [-0.2, -0.15) is 0 Å². The van der Waals surface area contributed by atoms with Crippen LogP contribution in [0.25, 0.3) is 0 Å². The first-order valence-electron chi connectivity index (χ1n) is 10.1. The molecule has 1 heterocycles. The van der Waals surface area contributed by atoms with E-state index in [0.717, 1.165) is 30.6 Å². The summed E-state index contributed by atoms with van der Waals surface area (Å²) in [7, 11) is 0. The number of carbonyl (C=O) groups excluding carboxylic acids is 2. The zero-order valence-corrected chi connectivity index (χ0v) is 17.6. The van der Waals surface area contributed by atoms with E-state index >= 15 is 0 Å². The molecule has 0 bridgehead atoms. The summed E-state index contributed by atoms with van der Waals surface area (Å²) >= 11 is 5.91. The number of nitrogens with zero attached hydrogens (tertiary/aromatic N) is 1. The molecular weight excluding hydrogens is 370 g/mol. The molecule has 1 unspecified atom stereocenters. The molecule has 0 radical (unpaired) electrons. The summed E-state index contributed by atoms with van der Waals surface area (Å²) in [6.07, 6.45) is 2.99. The van der Waals surface area contributed by atoms with Gasteiger partial charge in [0.1, 0.15) is 0 Å². The van der Waals surface area contributed by atoms with Crippen molar-refractivity contribution in [2.45, 2.75) is 52.4 Å². The third-order valence-electron chi connectivity index (χ3n) is 5.33. The van der Waals surface area contributed by atoms with Gasteiger partial charge in [-0.1, -0.05) is 44.5 Å². The minimum absolute atomic E-state index is 0.121. The molecule has 3 rings (SSSR count). The smallest absolute Gasteiger partial charge is 0.227 e. The Balaban J connectivity index is 1.74. The molecule has 1 aliphatic heterocycles. The second-order valence-electron chi connectivity index (χ2n) is 8.17. The lowest BCUT2D eigenvalue weighted by Gasteiger charge is -2.31. The monoisotopic (exact) mass is 397 g/mol. The van der Waals surface area contributed by atoms with Crippen molar-refractivity contribution < 1.29 is 9.59 Å². The van der Waals surface area contributed by atoms with Gasteiger partial charge in [-0.05, 0) is 66.1 Å². The fourth-order valence-corrected chi connectivity index (χ4v) is 3.92. The second kappa shape index (κ2) is 8.91. The molecule has 0 aliphatic carbocycles. The van der Waals surface area contributed by atoms with E-state index < -0.39 is 0 Å². The fourth-order valence-electron chi connectivity index (χ4n) is 3.79. The van der Waals surface area contributed by atoms with Crippen LogP contribution in [0.15, 0.2) is 42.5 Å². The number of aryl methyl sites for hydroxylation is 1. The highest BCUT2D eigenvalue weighted by atomic mass is 35.5.